The minimum Gasteiger partial charge on any atom is -0.295 e. The zero-order chi connectivity index (χ0) is 13.6. The molecule has 0 fully saturated rings. The molecular weight excluding hydrogens is 261 g/mol. The van der Waals surface area contributed by atoms with Gasteiger partial charge in [-0.2, -0.15) is 18.4 Å². The maximum Gasteiger partial charge on any atom is 0.446 e. The molecule has 0 aliphatic heterocycles. The van der Waals surface area contributed by atoms with Gasteiger partial charge in [-0.15, -0.1) is 6.58 Å². The van der Waals surface area contributed by atoms with Crippen LogP contribution in [0, 0.1) is 11.3 Å². The van der Waals surface area contributed by atoms with E-state index in [1.807, 2.05) is 6.07 Å². The van der Waals surface area contributed by atoms with E-state index in [2.05, 4.69) is 11.9 Å². The lowest BCUT2D eigenvalue weighted by molar-refractivity contribution is -0.0328. The minimum absolute atomic E-state index is 0.103. The maximum absolute atomic E-state index is 12.1. The molecule has 0 aliphatic rings. The zero-order valence-corrected chi connectivity index (χ0v) is 10.2. The van der Waals surface area contributed by atoms with Crippen LogP contribution in [0.25, 0.3) is 0 Å². The molecule has 1 unspecified atom stereocenters. The van der Waals surface area contributed by atoms with Crippen LogP contribution in [0.4, 0.5) is 13.2 Å². The number of nitriles is 1. The fourth-order valence-electron chi connectivity index (χ4n) is 1.30. The van der Waals surface area contributed by atoms with E-state index in [9.17, 15) is 13.2 Å². The number of halogens is 3. The van der Waals surface area contributed by atoms with Crippen molar-refractivity contribution < 1.29 is 13.2 Å². The van der Waals surface area contributed by atoms with Crippen LogP contribution in [-0.4, -0.2) is 12.1 Å². The highest BCUT2D eigenvalue weighted by atomic mass is 32.2. The molecule has 0 aromatic heterocycles. The minimum atomic E-state index is -4.29. The second-order valence-electron chi connectivity index (χ2n) is 3.38. The molecule has 2 nitrogen and oxygen atoms in total. The standard InChI is InChI=1S/C12H11F3N2S/c1-2-7-17-11(8-16)9-3-5-10(6-4-9)18-12(13,14)15/h2-6,11,17H,1,7H2. The largest absolute Gasteiger partial charge is 0.446 e. The summed E-state index contributed by atoms with van der Waals surface area (Å²) in [6, 6.07) is 7.22. The van der Waals surface area contributed by atoms with Gasteiger partial charge in [0.2, 0.25) is 0 Å². The van der Waals surface area contributed by atoms with Crippen LogP contribution in [0.5, 0.6) is 0 Å². The normalized spacial score (nSPS) is 12.8. The molecule has 0 heterocycles. The topological polar surface area (TPSA) is 35.8 Å². The van der Waals surface area contributed by atoms with Crippen LogP contribution < -0.4 is 5.32 Å². The van der Waals surface area contributed by atoms with Crippen molar-refractivity contribution in [3.05, 3.63) is 42.5 Å². The zero-order valence-electron chi connectivity index (χ0n) is 9.37. The summed E-state index contributed by atoms with van der Waals surface area (Å²) < 4.78 is 36.4. The van der Waals surface area contributed by atoms with Gasteiger partial charge in [-0.1, -0.05) is 18.2 Å². The number of alkyl halides is 3. The number of nitrogens with one attached hydrogen (secondary N) is 1. The molecule has 1 N–H and O–H groups in total. The third-order valence-electron chi connectivity index (χ3n) is 2.04. The predicted octanol–water partition coefficient (Wildman–Crippen LogP) is 3.64. The van der Waals surface area contributed by atoms with E-state index in [1.54, 1.807) is 6.08 Å². The molecule has 18 heavy (non-hydrogen) atoms. The first-order valence-corrected chi connectivity index (χ1v) is 5.87. The van der Waals surface area contributed by atoms with Crippen molar-refractivity contribution in [2.45, 2.75) is 16.4 Å². The van der Waals surface area contributed by atoms with Gasteiger partial charge in [-0.05, 0) is 29.5 Å². The van der Waals surface area contributed by atoms with Gasteiger partial charge in [0.05, 0.1) is 6.07 Å². The van der Waals surface area contributed by atoms with Gasteiger partial charge < -0.3 is 0 Å². The summed E-state index contributed by atoms with van der Waals surface area (Å²) in [5, 5.41) is 11.8. The summed E-state index contributed by atoms with van der Waals surface area (Å²) in [6.07, 6.45) is 1.61. The van der Waals surface area contributed by atoms with E-state index < -0.39 is 11.6 Å². The Morgan fingerprint density at radius 1 is 1.39 bits per heavy atom. The summed E-state index contributed by atoms with van der Waals surface area (Å²) in [7, 11) is 0. The molecule has 0 bridgehead atoms. The Balaban J connectivity index is 2.75. The second-order valence-corrected chi connectivity index (χ2v) is 4.51. The summed E-state index contributed by atoms with van der Waals surface area (Å²) in [6.45, 7) is 3.97. The first-order valence-electron chi connectivity index (χ1n) is 5.06. The molecule has 1 aromatic rings. The highest BCUT2D eigenvalue weighted by molar-refractivity contribution is 8.00. The predicted molar refractivity (Wildman–Crippen MR) is 64.9 cm³/mol. The molecule has 0 radical (unpaired) electrons. The van der Waals surface area contributed by atoms with Gasteiger partial charge in [-0.3, -0.25) is 5.32 Å². The Morgan fingerprint density at radius 3 is 2.44 bits per heavy atom. The average molecular weight is 272 g/mol. The van der Waals surface area contributed by atoms with E-state index >= 15 is 0 Å². The SMILES string of the molecule is C=CCNC(C#N)c1ccc(SC(F)(F)F)cc1. The summed E-state index contributed by atoms with van der Waals surface area (Å²) in [5.74, 6) is 0. The Kier molecular flexibility index (Phi) is 5.25. The third kappa shape index (κ3) is 4.82. The highest BCUT2D eigenvalue weighted by Gasteiger charge is 2.29. The maximum atomic E-state index is 12.1. The Hall–Kier alpha value is -1.45. The third-order valence-corrected chi connectivity index (χ3v) is 2.78. The first-order chi connectivity index (χ1) is 8.46. The lowest BCUT2D eigenvalue weighted by Gasteiger charge is -2.11. The number of nitrogens with zero attached hydrogens (tertiary/aromatic N) is 1. The highest BCUT2D eigenvalue weighted by Crippen LogP contribution is 2.36. The van der Waals surface area contributed by atoms with E-state index in [-0.39, 0.29) is 16.7 Å². The van der Waals surface area contributed by atoms with Gasteiger partial charge in [0, 0.05) is 11.4 Å². The van der Waals surface area contributed by atoms with Crippen LogP contribution in [0.1, 0.15) is 11.6 Å². The van der Waals surface area contributed by atoms with Crippen molar-refractivity contribution in [2.75, 3.05) is 6.54 Å². The quantitative estimate of drug-likeness (QED) is 0.656. The van der Waals surface area contributed by atoms with Gasteiger partial charge in [0.25, 0.3) is 0 Å². The molecule has 96 valence electrons. The lowest BCUT2D eigenvalue weighted by Crippen LogP contribution is -2.19. The lowest BCUT2D eigenvalue weighted by atomic mass is 10.1. The van der Waals surface area contributed by atoms with Crippen molar-refractivity contribution in [3.8, 4) is 6.07 Å². The fourth-order valence-corrected chi connectivity index (χ4v) is 1.84. The summed E-state index contributed by atoms with van der Waals surface area (Å²) in [5.41, 5.74) is -3.66. The molecule has 0 aliphatic carbocycles. The molecule has 0 saturated carbocycles. The number of hydrogen-bond donors (Lipinski definition) is 1. The molecule has 1 rings (SSSR count). The van der Waals surface area contributed by atoms with Gasteiger partial charge in [0.15, 0.2) is 0 Å². The Morgan fingerprint density at radius 2 is 2.00 bits per heavy atom. The van der Waals surface area contributed by atoms with E-state index in [0.29, 0.717) is 12.1 Å². The van der Waals surface area contributed by atoms with Crippen molar-refractivity contribution in [2.24, 2.45) is 0 Å². The Labute approximate surface area is 107 Å². The second kappa shape index (κ2) is 6.47. The van der Waals surface area contributed by atoms with E-state index in [4.69, 9.17) is 5.26 Å². The molecule has 1 aromatic carbocycles. The van der Waals surface area contributed by atoms with Crippen LogP contribution >= 0.6 is 11.8 Å². The van der Waals surface area contributed by atoms with Crippen molar-refractivity contribution in [3.63, 3.8) is 0 Å². The summed E-state index contributed by atoms with van der Waals surface area (Å²) >= 11 is -0.173. The van der Waals surface area contributed by atoms with Crippen molar-refractivity contribution in [1.29, 1.82) is 5.26 Å². The number of hydrogen-bond acceptors (Lipinski definition) is 3. The average Bonchev–Trinajstić information content (AvgIpc) is 2.30. The van der Waals surface area contributed by atoms with Crippen LogP contribution in [-0.2, 0) is 0 Å². The van der Waals surface area contributed by atoms with Gasteiger partial charge in [0.1, 0.15) is 6.04 Å². The number of thioether (sulfide) groups is 1. The van der Waals surface area contributed by atoms with Gasteiger partial charge >= 0.3 is 5.51 Å². The van der Waals surface area contributed by atoms with E-state index in [0.717, 1.165) is 0 Å². The van der Waals surface area contributed by atoms with Crippen molar-refractivity contribution >= 4 is 11.8 Å². The smallest absolute Gasteiger partial charge is 0.295 e. The van der Waals surface area contributed by atoms with E-state index in [1.165, 1.54) is 24.3 Å². The monoisotopic (exact) mass is 272 g/mol. The molecule has 1 atom stereocenters. The molecule has 0 saturated heterocycles. The molecular formula is C12H11F3N2S. The first kappa shape index (κ1) is 14.6. The van der Waals surface area contributed by atoms with Crippen LogP contribution in [0.15, 0.2) is 41.8 Å². The summed E-state index contributed by atoms with van der Waals surface area (Å²) in [4.78, 5) is 0.103. The van der Waals surface area contributed by atoms with Gasteiger partial charge in [-0.25, -0.2) is 0 Å². The fraction of sp³-hybridized carbons (Fsp3) is 0.250. The molecule has 6 heteroatoms. The van der Waals surface area contributed by atoms with Crippen LogP contribution in [0.2, 0.25) is 0 Å². The molecule has 0 amide bonds. The van der Waals surface area contributed by atoms with Crippen LogP contribution in [0.3, 0.4) is 0 Å². The van der Waals surface area contributed by atoms with Crippen molar-refractivity contribution in [1.82, 2.24) is 5.32 Å². The number of rotatable bonds is 5. The Bertz CT molecular complexity index is 434. The molecule has 0 spiro atoms. The number of benzene rings is 1.